The number of benzene rings is 3. The standard InChI is InChI=1S/C33H29N3O/c1-20(2)23-12-8-13-24(21(3)4)30(23)29-18-19-34-32(35-29)27-15-9-14-25-26-16-17-28(22-10-6-5-7-11-22)36-33(26)37-31(25)27/h5-21H,1-4H3. The van der Waals surface area contributed by atoms with E-state index in [4.69, 9.17) is 14.4 Å². The quantitative estimate of drug-likeness (QED) is 0.245. The lowest BCUT2D eigenvalue weighted by Gasteiger charge is -2.19. The lowest BCUT2D eigenvalue weighted by atomic mass is 9.87. The van der Waals surface area contributed by atoms with Crippen molar-refractivity contribution in [3.63, 3.8) is 0 Å². The van der Waals surface area contributed by atoms with Crippen molar-refractivity contribution in [1.82, 2.24) is 15.0 Å². The summed E-state index contributed by atoms with van der Waals surface area (Å²) in [6.07, 6.45) is 1.85. The van der Waals surface area contributed by atoms with Gasteiger partial charge in [0, 0.05) is 28.1 Å². The summed E-state index contributed by atoms with van der Waals surface area (Å²) in [6.45, 7) is 8.93. The van der Waals surface area contributed by atoms with Gasteiger partial charge in [-0.05, 0) is 47.2 Å². The molecule has 0 aliphatic carbocycles. The summed E-state index contributed by atoms with van der Waals surface area (Å²) in [5.74, 6) is 1.42. The molecule has 0 aliphatic heterocycles. The minimum atomic E-state index is 0.385. The maximum absolute atomic E-state index is 6.38. The Labute approximate surface area is 217 Å². The molecule has 3 aromatic heterocycles. The zero-order valence-corrected chi connectivity index (χ0v) is 21.6. The molecule has 6 rings (SSSR count). The first-order valence-corrected chi connectivity index (χ1v) is 12.9. The van der Waals surface area contributed by atoms with Crippen LogP contribution in [0.4, 0.5) is 0 Å². The van der Waals surface area contributed by atoms with Crippen LogP contribution in [0.25, 0.3) is 56.0 Å². The number of hydrogen-bond acceptors (Lipinski definition) is 4. The average molecular weight is 484 g/mol. The van der Waals surface area contributed by atoms with E-state index in [1.165, 1.54) is 16.7 Å². The van der Waals surface area contributed by atoms with Crippen LogP contribution in [-0.2, 0) is 0 Å². The maximum Gasteiger partial charge on any atom is 0.227 e. The smallest absolute Gasteiger partial charge is 0.227 e. The largest absolute Gasteiger partial charge is 0.437 e. The molecule has 0 fully saturated rings. The average Bonchev–Trinajstić information content (AvgIpc) is 3.31. The van der Waals surface area contributed by atoms with Crippen LogP contribution < -0.4 is 0 Å². The van der Waals surface area contributed by atoms with Gasteiger partial charge >= 0.3 is 0 Å². The van der Waals surface area contributed by atoms with Gasteiger partial charge in [-0.2, -0.15) is 0 Å². The molecule has 0 aliphatic rings. The summed E-state index contributed by atoms with van der Waals surface area (Å²) in [5, 5.41) is 2.00. The molecule has 0 radical (unpaired) electrons. The van der Waals surface area contributed by atoms with E-state index in [1.807, 2.05) is 48.7 Å². The summed E-state index contributed by atoms with van der Waals surface area (Å²) >= 11 is 0. The van der Waals surface area contributed by atoms with Gasteiger partial charge in [0.25, 0.3) is 0 Å². The van der Waals surface area contributed by atoms with Crippen LogP contribution in [0.1, 0.15) is 50.7 Å². The number of rotatable bonds is 5. The number of para-hydroxylation sites is 1. The third kappa shape index (κ3) is 4.09. The Morgan fingerprint density at radius 2 is 1.35 bits per heavy atom. The predicted molar refractivity (Wildman–Crippen MR) is 152 cm³/mol. The highest BCUT2D eigenvalue weighted by Gasteiger charge is 2.19. The Hall–Kier alpha value is -4.31. The van der Waals surface area contributed by atoms with Gasteiger partial charge < -0.3 is 4.42 Å². The van der Waals surface area contributed by atoms with Crippen molar-refractivity contribution in [2.45, 2.75) is 39.5 Å². The van der Waals surface area contributed by atoms with E-state index >= 15 is 0 Å². The summed E-state index contributed by atoms with van der Waals surface area (Å²) in [4.78, 5) is 14.6. The Bertz CT molecular complexity index is 1710. The molecule has 182 valence electrons. The fourth-order valence-corrected chi connectivity index (χ4v) is 5.10. The third-order valence-corrected chi connectivity index (χ3v) is 6.96. The molecule has 0 saturated heterocycles. The zero-order valence-electron chi connectivity index (χ0n) is 21.6. The van der Waals surface area contributed by atoms with Crippen LogP contribution in [-0.4, -0.2) is 15.0 Å². The fourth-order valence-electron chi connectivity index (χ4n) is 5.10. The van der Waals surface area contributed by atoms with Gasteiger partial charge in [-0.25, -0.2) is 15.0 Å². The molecule has 4 heteroatoms. The van der Waals surface area contributed by atoms with Crippen LogP contribution in [0.2, 0.25) is 0 Å². The Morgan fingerprint density at radius 1 is 0.622 bits per heavy atom. The number of aromatic nitrogens is 3. The van der Waals surface area contributed by atoms with Gasteiger partial charge in [-0.15, -0.1) is 0 Å². The molecule has 0 unspecified atom stereocenters. The van der Waals surface area contributed by atoms with Gasteiger partial charge in [-0.1, -0.05) is 88.4 Å². The highest BCUT2D eigenvalue weighted by molar-refractivity contribution is 6.08. The first kappa shape index (κ1) is 23.1. The van der Waals surface area contributed by atoms with Crippen LogP contribution in [0.5, 0.6) is 0 Å². The molecule has 4 nitrogen and oxygen atoms in total. The van der Waals surface area contributed by atoms with Gasteiger partial charge in [0.05, 0.1) is 17.0 Å². The van der Waals surface area contributed by atoms with E-state index in [2.05, 4.69) is 75.1 Å². The van der Waals surface area contributed by atoms with Crippen LogP contribution in [0, 0.1) is 0 Å². The van der Waals surface area contributed by atoms with E-state index in [1.54, 1.807) is 0 Å². The normalized spacial score (nSPS) is 11.7. The highest BCUT2D eigenvalue weighted by atomic mass is 16.3. The minimum Gasteiger partial charge on any atom is -0.437 e. The Balaban J connectivity index is 1.52. The highest BCUT2D eigenvalue weighted by Crippen LogP contribution is 2.38. The number of hydrogen-bond donors (Lipinski definition) is 0. The van der Waals surface area contributed by atoms with Crippen molar-refractivity contribution < 1.29 is 4.42 Å². The second-order valence-electron chi connectivity index (χ2n) is 10.1. The first-order chi connectivity index (χ1) is 18.0. The maximum atomic E-state index is 6.38. The molecule has 3 heterocycles. The van der Waals surface area contributed by atoms with E-state index in [0.29, 0.717) is 23.4 Å². The van der Waals surface area contributed by atoms with Gasteiger partial charge in [0.2, 0.25) is 5.71 Å². The molecule has 0 amide bonds. The SMILES string of the molecule is CC(C)c1cccc(C(C)C)c1-c1ccnc(-c2cccc3c2oc2nc(-c4ccccc4)ccc23)n1. The van der Waals surface area contributed by atoms with Crippen molar-refractivity contribution in [1.29, 1.82) is 0 Å². The number of pyridine rings is 1. The fraction of sp³-hybridized carbons (Fsp3) is 0.182. The van der Waals surface area contributed by atoms with Gasteiger partial charge in [-0.3, -0.25) is 0 Å². The van der Waals surface area contributed by atoms with E-state index in [9.17, 15) is 0 Å². The second kappa shape index (κ2) is 9.29. The van der Waals surface area contributed by atoms with Crippen molar-refractivity contribution in [3.8, 4) is 33.9 Å². The molecule has 0 N–H and O–H groups in total. The van der Waals surface area contributed by atoms with Crippen LogP contribution >= 0.6 is 0 Å². The van der Waals surface area contributed by atoms with E-state index in [-0.39, 0.29) is 0 Å². The first-order valence-electron chi connectivity index (χ1n) is 12.9. The van der Waals surface area contributed by atoms with Crippen LogP contribution in [0.15, 0.2) is 95.5 Å². The lowest BCUT2D eigenvalue weighted by molar-refractivity contribution is 0.655. The molecule has 0 saturated carbocycles. The van der Waals surface area contributed by atoms with E-state index in [0.717, 1.165) is 38.9 Å². The molecule has 3 aromatic carbocycles. The summed E-state index contributed by atoms with van der Waals surface area (Å²) in [6, 6.07) is 29.0. The lowest BCUT2D eigenvalue weighted by Crippen LogP contribution is -2.02. The molecule has 0 bridgehead atoms. The van der Waals surface area contributed by atoms with Crippen molar-refractivity contribution in [2.24, 2.45) is 0 Å². The molecule has 37 heavy (non-hydrogen) atoms. The van der Waals surface area contributed by atoms with Gasteiger partial charge in [0.1, 0.15) is 5.58 Å². The monoisotopic (exact) mass is 483 g/mol. The third-order valence-electron chi connectivity index (χ3n) is 6.96. The summed E-state index contributed by atoms with van der Waals surface area (Å²) < 4.78 is 6.38. The van der Waals surface area contributed by atoms with Crippen molar-refractivity contribution >= 4 is 22.1 Å². The molecular formula is C33H29N3O. The van der Waals surface area contributed by atoms with Crippen molar-refractivity contribution in [2.75, 3.05) is 0 Å². The van der Waals surface area contributed by atoms with E-state index < -0.39 is 0 Å². The predicted octanol–water partition coefficient (Wildman–Crippen LogP) is 9.02. The number of fused-ring (bicyclic) bond motifs is 3. The van der Waals surface area contributed by atoms with Crippen molar-refractivity contribution in [3.05, 3.63) is 102 Å². The number of nitrogens with zero attached hydrogens (tertiary/aromatic N) is 3. The van der Waals surface area contributed by atoms with Gasteiger partial charge in [0.15, 0.2) is 5.82 Å². The summed E-state index contributed by atoms with van der Waals surface area (Å²) in [5.41, 5.74) is 8.94. The second-order valence-corrected chi connectivity index (χ2v) is 10.1. The zero-order chi connectivity index (χ0) is 25.5. The summed E-state index contributed by atoms with van der Waals surface area (Å²) in [7, 11) is 0. The Morgan fingerprint density at radius 3 is 2.08 bits per heavy atom. The molecule has 0 atom stereocenters. The number of furan rings is 1. The minimum absolute atomic E-state index is 0.385. The molecule has 0 spiro atoms. The Kier molecular flexibility index (Phi) is 5.80. The molecular weight excluding hydrogens is 454 g/mol. The molecule has 6 aromatic rings. The topological polar surface area (TPSA) is 51.8 Å². The van der Waals surface area contributed by atoms with Crippen LogP contribution in [0.3, 0.4) is 0 Å².